The fourth-order valence-electron chi connectivity index (χ4n) is 2.25. The standard InChI is InChI=1S/C13H22N2O5.C5H11NO2/c1-13(2,3)20-12(19)14-9-6-7-15(8-9)10(16)4-5-11(17)18;1-5(2,3)8-4(6)7/h9H,4-8H2,1-3H3,(H,14,19)(H,17,18);1-3H3,(H2,6,7). The summed E-state index contributed by atoms with van der Waals surface area (Å²) in [4.78, 5) is 45.3. The Labute approximate surface area is 165 Å². The second-order valence-corrected chi connectivity index (χ2v) is 8.40. The summed E-state index contributed by atoms with van der Waals surface area (Å²) in [6.45, 7) is 11.6. The minimum atomic E-state index is -0.985. The monoisotopic (exact) mass is 403 g/mol. The zero-order valence-electron chi connectivity index (χ0n) is 17.5. The van der Waals surface area contributed by atoms with Crippen LogP contribution < -0.4 is 11.1 Å². The molecule has 10 nitrogen and oxygen atoms in total. The Morgan fingerprint density at radius 3 is 1.96 bits per heavy atom. The zero-order chi connectivity index (χ0) is 22.1. The fraction of sp³-hybridized carbons (Fsp3) is 0.778. The number of nitrogens with zero attached hydrogens (tertiary/aromatic N) is 1. The van der Waals surface area contributed by atoms with E-state index in [1.54, 1.807) is 46.4 Å². The Balaban J connectivity index is 0.000000769. The van der Waals surface area contributed by atoms with Crippen LogP contribution >= 0.6 is 0 Å². The van der Waals surface area contributed by atoms with Crippen LogP contribution in [0.25, 0.3) is 0 Å². The van der Waals surface area contributed by atoms with Gasteiger partial charge in [0.05, 0.1) is 12.5 Å². The third kappa shape index (κ3) is 13.7. The molecule has 0 bridgehead atoms. The molecule has 3 amide bonds. The SMILES string of the molecule is CC(C)(C)OC(=O)NC1CCN(C(=O)CCC(=O)O)C1.CC(C)(C)OC(N)=O. The first kappa shape index (κ1) is 25.5. The number of carbonyl (C=O) groups excluding carboxylic acids is 3. The van der Waals surface area contributed by atoms with Crippen LogP contribution in [-0.2, 0) is 19.1 Å². The van der Waals surface area contributed by atoms with Gasteiger partial charge in [-0.25, -0.2) is 9.59 Å². The Kier molecular flexibility index (Phi) is 9.76. The van der Waals surface area contributed by atoms with Gasteiger partial charge >= 0.3 is 18.2 Å². The van der Waals surface area contributed by atoms with E-state index in [1.807, 2.05) is 0 Å². The van der Waals surface area contributed by atoms with E-state index < -0.39 is 29.4 Å². The molecule has 1 rings (SSSR count). The van der Waals surface area contributed by atoms with Gasteiger partial charge in [0, 0.05) is 19.5 Å². The average Bonchev–Trinajstić information content (AvgIpc) is 2.88. The van der Waals surface area contributed by atoms with Crippen molar-refractivity contribution in [3.8, 4) is 0 Å². The third-order valence-corrected chi connectivity index (χ3v) is 3.22. The topological polar surface area (TPSA) is 148 Å². The summed E-state index contributed by atoms with van der Waals surface area (Å²) in [5.74, 6) is -1.18. The molecule has 162 valence electrons. The molecule has 1 saturated heterocycles. The molecule has 1 aliphatic heterocycles. The number of carboxylic acid groups (broad SMARTS) is 1. The van der Waals surface area contributed by atoms with Crippen molar-refractivity contribution < 1.29 is 33.8 Å². The van der Waals surface area contributed by atoms with Crippen molar-refractivity contribution in [1.29, 1.82) is 0 Å². The van der Waals surface area contributed by atoms with Gasteiger partial charge in [-0.1, -0.05) is 0 Å². The molecule has 0 aromatic rings. The van der Waals surface area contributed by atoms with Crippen molar-refractivity contribution in [2.75, 3.05) is 13.1 Å². The predicted molar refractivity (Wildman–Crippen MR) is 102 cm³/mol. The molecule has 4 N–H and O–H groups in total. The molecule has 1 unspecified atom stereocenters. The van der Waals surface area contributed by atoms with Crippen LogP contribution in [0.1, 0.15) is 60.8 Å². The van der Waals surface area contributed by atoms with Gasteiger partial charge in [0.15, 0.2) is 0 Å². The minimum absolute atomic E-state index is 0.00547. The molecule has 1 atom stereocenters. The number of likely N-dealkylation sites (tertiary alicyclic amines) is 1. The van der Waals surface area contributed by atoms with Gasteiger partial charge in [-0.05, 0) is 48.0 Å². The molecule has 0 aliphatic carbocycles. The molecule has 0 spiro atoms. The number of alkyl carbamates (subject to hydrolysis) is 1. The highest BCUT2D eigenvalue weighted by Crippen LogP contribution is 2.13. The Bertz CT molecular complexity index is 565. The molecule has 0 aromatic heterocycles. The Hall–Kier alpha value is -2.52. The lowest BCUT2D eigenvalue weighted by molar-refractivity contribution is -0.140. The summed E-state index contributed by atoms with van der Waals surface area (Å²) in [7, 11) is 0. The van der Waals surface area contributed by atoms with E-state index in [0.29, 0.717) is 19.5 Å². The van der Waals surface area contributed by atoms with Gasteiger partial charge in [-0.2, -0.15) is 0 Å². The molecule has 1 heterocycles. The molecule has 1 fully saturated rings. The van der Waals surface area contributed by atoms with E-state index in [4.69, 9.17) is 15.6 Å². The number of hydrogen-bond donors (Lipinski definition) is 3. The average molecular weight is 403 g/mol. The van der Waals surface area contributed by atoms with Crippen LogP contribution in [0.5, 0.6) is 0 Å². The number of hydrogen-bond acceptors (Lipinski definition) is 6. The first-order valence-corrected chi connectivity index (χ1v) is 9.06. The highest BCUT2D eigenvalue weighted by Gasteiger charge is 2.28. The van der Waals surface area contributed by atoms with E-state index in [0.717, 1.165) is 0 Å². The van der Waals surface area contributed by atoms with Crippen LogP contribution in [0.4, 0.5) is 9.59 Å². The van der Waals surface area contributed by atoms with Gasteiger partial charge in [0.2, 0.25) is 5.91 Å². The Morgan fingerprint density at radius 1 is 1.04 bits per heavy atom. The smallest absolute Gasteiger partial charge is 0.407 e. The largest absolute Gasteiger partial charge is 0.481 e. The zero-order valence-corrected chi connectivity index (χ0v) is 17.5. The van der Waals surface area contributed by atoms with E-state index in [-0.39, 0.29) is 24.8 Å². The van der Waals surface area contributed by atoms with Crippen LogP contribution in [0, 0.1) is 0 Å². The van der Waals surface area contributed by atoms with Crippen LogP contribution in [0.3, 0.4) is 0 Å². The molecular weight excluding hydrogens is 370 g/mol. The van der Waals surface area contributed by atoms with Gasteiger partial charge in [0.25, 0.3) is 0 Å². The van der Waals surface area contributed by atoms with Gasteiger partial charge in [0.1, 0.15) is 11.2 Å². The van der Waals surface area contributed by atoms with E-state index in [1.165, 1.54) is 0 Å². The Morgan fingerprint density at radius 2 is 1.57 bits per heavy atom. The first-order chi connectivity index (χ1) is 12.6. The van der Waals surface area contributed by atoms with Crippen LogP contribution in [-0.4, -0.2) is 64.4 Å². The summed E-state index contributed by atoms with van der Waals surface area (Å²) in [6.07, 6.45) is -0.744. The maximum Gasteiger partial charge on any atom is 0.407 e. The van der Waals surface area contributed by atoms with Crippen LogP contribution in [0.15, 0.2) is 0 Å². The quantitative estimate of drug-likeness (QED) is 0.648. The highest BCUT2D eigenvalue weighted by molar-refractivity contribution is 5.81. The minimum Gasteiger partial charge on any atom is -0.481 e. The van der Waals surface area contributed by atoms with Crippen molar-refractivity contribution in [3.05, 3.63) is 0 Å². The van der Waals surface area contributed by atoms with Crippen LogP contribution in [0.2, 0.25) is 0 Å². The van der Waals surface area contributed by atoms with Crippen molar-refractivity contribution in [3.63, 3.8) is 0 Å². The third-order valence-electron chi connectivity index (χ3n) is 3.22. The summed E-state index contributed by atoms with van der Waals surface area (Å²) in [5.41, 5.74) is 3.71. The lowest BCUT2D eigenvalue weighted by Crippen LogP contribution is -2.41. The maximum atomic E-state index is 11.7. The number of carboxylic acids is 1. The number of rotatable bonds is 4. The molecule has 0 saturated carbocycles. The van der Waals surface area contributed by atoms with Gasteiger partial charge in [-0.3, -0.25) is 9.59 Å². The number of ether oxygens (including phenoxy) is 2. The van der Waals surface area contributed by atoms with E-state index in [2.05, 4.69) is 10.1 Å². The van der Waals surface area contributed by atoms with Gasteiger partial charge in [-0.15, -0.1) is 0 Å². The number of nitrogens with two attached hydrogens (primary N) is 1. The lowest BCUT2D eigenvalue weighted by atomic mass is 10.2. The van der Waals surface area contributed by atoms with Crippen molar-refractivity contribution in [1.82, 2.24) is 10.2 Å². The number of carbonyl (C=O) groups is 4. The second-order valence-electron chi connectivity index (χ2n) is 8.40. The second kappa shape index (κ2) is 10.7. The number of amides is 3. The summed E-state index contributed by atoms with van der Waals surface area (Å²) in [6, 6.07) is -0.140. The van der Waals surface area contributed by atoms with Gasteiger partial charge < -0.3 is 30.5 Å². The lowest BCUT2D eigenvalue weighted by Gasteiger charge is -2.22. The predicted octanol–water partition coefficient (Wildman–Crippen LogP) is 1.86. The maximum absolute atomic E-state index is 11.7. The number of nitrogens with one attached hydrogen (secondary N) is 1. The molecule has 10 heteroatoms. The van der Waals surface area contributed by atoms with Crippen molar-refractivity contribution in [2.45, 2.75) is 78.0 Å². The number of aliphatic carboxylic acids is 1. The van der Waals surface area contributed by atoms with Crippen molar-refractivity contribution >= 4 is 24.1 Å². The van der Waals surface area contributed by atoms with E-state index >= 15 is 0 Å². The summed E-state index contributed by atoms with van der Waals surface area (Å²) < 4.78 is 9.72. The summed E-state index contributed by atoms with van der Waals surface area (Å²) in [5, 5.41) is 11.3. The molecule has 28 heavy (non-hydrogen) atoms. The molecule has 0 radical (unpaired) electrons. The molecular formula is C18H33N3O7. The van der Waals surface area contributed by atoms with Crippen molar-refractivity contribution in [2.24, 2.45) is 5.73 Å². The molecule has 0 aromatic carbocycles. The highest BCUT2D eigenvalue weighted by atomic mass is 16.6. The first-order valence-electron chi connectivity index (χ1n) is 9.06. The normalized spacial score (nSPS) is 16.5. The fourth-order valence-corrected chi connectivity index (χ4v) is 2.25. The molecule has 1 aliphatic rings. The van der Waals surface area contributed by atoms with E-state index in [9.17, 15) is 19.2 Å². The number of primary amides is 1. The summed E-state index contributed by atoms with van der Waals surface area (Å²) >= 11 is 0.